The van der Waals surface area contributed by atoms with Gasteiger partial charge in [-0.2, -0.15) is 5.10 Å². The summed E-state index contributed by atoms with van der Waals surface area (Å²) in [6.45, 7) is 9.57. The van der Waals surface area contributed by atoms with E-state index < -0.39 is 0 Å². The summed E-state index contributed by atoms with van der Waals surface area (Å²) in [4.78, 5) is 12.4. The van der Waals surface area contributed by atoms with Gasteiger partial charge in [-0.1, -0.05) is 6.92 Å². The van der Waals surface area contributed by atoms with E-state index in [0.717, 1.165) is 30.2 Å². The Balaban J connectivity index is 0.00000288. The number of nitrogens with one attached hydrogen (secondary N) is 2. The molecule has 2 heterocycles. The maximum absolute atomic E-state index is 12.4. The van der Waals surface area contributed by atoms with Crippen LogP contribution >= 0.6 is 12.4 Å². The van der Waals surface area contributed by atoms with E-state index in [0.29, 0.717) is 31.4 Å². The second-order valence-electron chi connectivity index (χ2n) is 6.58. The van der Waals surface area contributed by atoms with Crippen molar-refractivity contribution in [2.75, 3.05) is 32.1 Å². The molecule has 0 radical (unpaired) electrons. The molecular weight excluding hydrogens is 328 g/mol. The quantitative estimate of drug-likeness (QED) is 0.786. The fourth-order valence-electron chi connectivity index (χ4n) is 3.34. The number of carbonyl (C=O) groups is 1. The molecule has 2 N–H and O–H groups in total. The van der Waals surface area contributed by atoms with Crippen molar-refractivity contribution in [3.63, 3.8) is 0 Å². The Morgan fingerprint density at radius 1 is 1.42 bits per heavy atom. The molecule has 1 fully saturated rings. The molecular formula is C17H31ClN4O2. The van der Waals surface area contributed by atoms with Crippen LogP contribution in [0.3, 0.4) is 0 Å². The highest BCUT2D eigenvalue weighted by atomic mass is 35.5. The summed E-state index contributed by atoms with van der Waals surface area (Å²) in [5.74, 6) is 1.16. The first-order valence-corrected chi connectivity index (χ1v) is 8.56. The number of aromatic nitrogens is 2. The Bertz CT molecular complexity index is 527. The zero-order valence-electron chi connectivity index (χ0n) is 15.2. The number of aryl methyl sites for hydroxylation is 1. The maximum atomic E-state index is 12.4. The number of amides is 1. The van der Waals surface area contributed by atoms with Gasteiger partial charge in [-0.3, -0.25) is 9.48 Å². The maximum Gasteiger partial charge on any atom is 0.224 e. The van der Waals surface area contributed by atoms with Gasteiger partial charge in [0.05, 0.1) is 30.2 Å². The third-order valence-corrected chi connectivity index (χ3v) is 4.85. The number of rotatable bonds is 7. The number of methoxy groups -OCH3 is 1. The molecule has 6 nitrogen and oxygen atoms in total. The minimum absolute atomic E-state index is 0. The Morgan fingerprint density at radius 3 is 2.71 bits per heavy atom. The van der Waals surface area contributed by atoms with Crippen LogP contribution in [0.5, 0.6) is 0 Å². The van der Waals surface area contributed by atoms with Crippen molar-refractivity contribution in [3.05, 3.63) is 11.4 Å². The molecule has 138 valence electrons. The molecule has 7 heteroatoms. The monoisotopic (exact) mass is 358 g/mol. The third-order valence-electron chi connectivity index (χ3n) is 4.85. The average Bonchev–Trinajstić information content (AvgIpc) is 2.81. The van der Waals surface area contributed by atoms with Crippen LogP contribution in [0.25, 0.3) is 0 Å². The van der Waals surface area contributed by atoms with Crippen molar-refractivity contribution in [3.8, 4) is 0 Å². The average molecular weight is 359 g/mol. The highest BCUT2D eigenvalue weighted by Crippen LogP contribution is 2.26. The number of halogens is 1. The lowest BCUT2D eigenvalue weighted by Crippen LogP contribution is -2.32. The molecule has 2 rings (SSSR count). The van der Waals surface area contributed by atoms with Crippen molar-refractivity contribution in [2.24, 2.45) is 11.8 Å². The largest absolute Gasteiger partial charge is 0.383 e. The number of hydrogen-bond acceptors (Lipinski definition) is 4. The van der Waals surface area contributed by atoms with Crippen LogP contribution in [-0.4, -0.2) is 42.5 Å². The molecule has 0 spiro atoms. The molecule has 1 aromatic rings. The van der Waals surface area contributed by atoms with Gasteiger partial charge < -0.3 is 15.4 Å². The van der Waals surface area contributed by atoms with E-state index in [9.17, 15) is 4.79 Å². The second kappa shape index (κ2) is 10.0. The first kappa shape index (κ1) is 20.9. The minimum atomic E-state index is 0. The van der Waals surface area contributed by atoms with Crippen LogP contribution in [0.1, 0.15) is 37.6 Å². The van der Waals surface area contributed by atoms with Crippen molar-refractivity contribution < 1.29 is 9.53 Å². The minimum Gasteiger partial charge on any atom is -0.383 e. The van der Waals surface area contributed by atoms with E-state index in [1.807, 2.05) is 18.5 Å². The number of ether oxygens (including phenoxy) is 1. The highest BCUT2D eigenvalue weighted by Gasteiger charge is 2.23. The van der Waals surface area contributed by atoms with Crippen LogP contribution in [-0.2, 0) is 16.1 Å². The second-order valence-corrected chi connectivity index (χ2v) is 6.58. The Labute approximate surface area is 151 Å². The van der Waals surface area contributed by atoms with Crippen molar-refractivity contribution in [1.82, 2.24) is 15.1 Å². The van der Waals surface area contributed by atoms with E-state index in [1.165, 1.54) is 12.8 Å². The summed E-state index contributed by atoms with van der Waals surface area (Å²) in [5, 5.41) is 10.9. The zero-order valence-corrected chi connectivity index (χ0v) is 16.0. The van der Waals surface area contributed by atoms with Gasteiger partial charge in [0, 0.05) is 13.5 Å². The third kappa shape index (κ3) is 5.46. The highest BCUT2D eigenvalue weighted by molar-refractivity contribution is 5.92. The van der Waals surface area contributed by atoms with Crippen molar-refractivity contribution in [1.29, 1.82) is 0 Å². The van der Waals surface area contributed by atoms with Gasteiger partial charge in [-0.05, 0) is 51.6 Å². The van der Waals surface area contributed by atoms with E-state index in [2.05, 4.69) is 22.7 Å². The molecule has 1 aliphatic rings. The summed E-state index contributed by atoms with van der Waals surface area (Å²) in [6.07, 6.45) is 2.91. The zero-order chi connectivity index (χ0) is 16.8. The van der Waals surface area contributed by atoms with Crippen LogP contribution in [0, 0.1) is 25.7 Å². The molecule has 1 atom stereocenters. The molecule has 1 unspecified atom stereocenters. The van der Waals surface area contributed by atoms with Gasteiger partial charge in [0.2, 0.25) is 5.91 Å². The predicted molar refractivity (Wildman–Crippen MR) is 98.8 cm³/mol. The summed E-state index contributed by atoms with van der Waals surface area (Å²) in [7, 11) is 1.68. The summed E-state index contributed by atoms with van der Waals surface area (Å²) < 4.78 is 6.99. The summed E-state index contributed by atoms with van der Waals surface area (Å²) in [5.41, 5.74) is 2.70. The lowest BCUT2D eigenvalue weighted by atomic mass is 9.84. The molecule has 0 bridgehead atoms. The van der Waals surface area contributed by atoms with Crippen molar-refractivity contribution >= 4 is 24.0 Å². The SMILES string of the molecule is COCCn1nc(C)c(NC(=O)CC(C)C2CCNCC2)c1C.Cl. The lowest BCUT2D eigenvalue weighted by Gasteiger charge is -2.27. The first-order valence-electron chi connectivity index (χ1n) is 8.56. The van der Waals surface area contributed by atoms with Gasteiger partial charge in [0.25, 0.3) is 0 Å². The number of nitrogens with zero attached hydrogens (tertiary/aromatic N) is 2. The standard InChI is InChI=1S/C17H30N4O2.ClH/c1-12(15-5-7-18-8-6-15)11-16(22)19-17-13(2)20-21(14(17)3)9-10-23-4;/h12,15,18H,5-11H2,1-4H3,(H,19,22);1H. The van der Waals surface area contributed by atoms with Crippen molar-refractivity contribution in [2.45, 2.75) is 46.6 Å². The normalized spacial score (nSPS) is 16.5. The molecule has 0 aromatic carbocycles. The van der Waals surface area contributed by atoms with Crippen LogP contribution in [0.15, 0.2) is 0 Å². The fourth-order valence-corrected chi connectivity index (χ4v) is 3.34. The molecule has 1 amide bonds. The van der Waals surface area contributed by atoms with E-state index >= 15 is 0 Å². The number of hydrogen-bond donors (Lipinski definition) is 2. The Morgan fingerprint density at radius 2 is 2.08 bits per heavy atom. The molecule has 1 aromatic heterocycles. The first-order chi connectivity index (χ1) is 11.0. The van der Waals surface area contributed by atoms with Gasteiger partial charge in [0.1, 0.15) is 0 Å². The smallest absolute Gasteiger partial charge is 0.224 e. The van der Waals surface area contributed by atoms with Crippen LogP contribution in [0.4, 0.5) is 5.69 Å². The van der Waals surface area contributed by atoms with E-state index in [1.54, 1.807) is 7.11 Å². The summed E-state index contributed by atoms with van der Waals surface area (Å²) >= 11 is 0. The number of anilines is 1. The molecule has 0 aliphatic carbocycles. The fraction of sp³-hybridized carbons (Fsp3) is 0.765. The molecule has 1 saturated heterocycles. The molecule has 0 saturated carbocycles. The lowest BCUT2D eigenvalue weighted by molar-refractivity contribution is -0.117. The number of piperidine rings is 1. The molecule has 24 heavy (non-hydrogen) atoms. The van der Waals surface area contributed by atoms with Gasteiger partial charge in [-0.25, -0.2) is 0 Å². The topological polar surface area (TPSA) is 68.2 Å². The van der Waals surface area contributed by atoms with Gasteiger partial charge in [-0.15, -0.1) is 12.4 Å². The van der Waals surface area contributed by atoms with Gasteiger partial charge in [0.15, 0.2) is 0 Å². The molecule has 1 aliphatic heterocycles. The van der Waals surface area contributed by atoms with E-state index in [-0.39, 0.29) is 18.3 Å². The summed E-state index contributed by atoms with van der Waals surface area (Å²) in [6, 6.07) is 0. The Hall–Kier alpha value is -1.11. The predicted octanol–water partition coefficient (Wildman–Crippen LogP) is 2.53. The van der Waals surface area contributed by atoms with Crippen LogP contribution < -0.4 is 10.6 Å². The Kier molecular flexibility index (Phi) is 8.73. The number of carbonyl (C=O) groups excluding carboxylic acids is 1. The van der Waals surface area contributed by atoms with Crippen LogP contribution in [0.2, 0.25) is 0 Å². The van der Waals surface area contributed by atoms with E-state index in [4.69, 9.17) is 4.74 Å². The van der Waals surface area contributed by atoms with Gasteiger partial charge >= 0.3 is 0 Å².